The fourth-order valence-electron chi connectivity index (χ4n) is 14.6. The van der Waals surface area contributed by atoms with E-state index in [0.29, 0.717) is 12.8 Å². The maximum atomic E-state index is 15.2. The number of nitrogens with zero attached hydrogens (tertiary/aromatic N) is 3. The molecule has 12 amide bonds. The van der Waals surface area contributed by atoms with Crippen molar-refractivity contribution < 1.29 is 167 Å². The Labute approximate surface area is 652 Å². The van der Waals surface area contributed by atoms with Crippen molar-refractivity contribution in [1.29, 1.82) is 0 Å². The van der Waals surface area contributed by atoms with Gasteiger partial charge in [0.2, 0.25) is 70.9 Å². The van der Waals surface area contributed by atoms with Crippen LogP contribution in [0.15, 0.2) is 0 Å². The Balaban J connectivity index is 1.26. The molecule has 7 heterocycles. The van der Waals surface area contributed by atoms with Gasteiger partial charge in [-0.1, -0.05) is 0 Å². The van der Waals surface area contributed by atoms with Crippen LogP contribution in [0.25, 0.3) is 0 Å². The van der Waals surface area contributed by atoms with Crippen LogP contribution >= 0.6 is 0 Å². The SMILES string of the molecule is CNC(C)C(=O)N1CCCC1C(=O)NCC(=O)NC(CO)C(=O)NC(C(=O)NC(C)C(=O)N1CCCC1C(=O)N1CCCC1C(=O)NC(C)C(N)=O)C(C)O[C@@H]1OC(CO[C@@H]2OC(CO)[C@H](O)C(O)[C@H]2NC(C)=O)[C@H](O)C(O[C@@H]2OC(CO)[C@H](O)C(O[C@]3(C(=O)O)CC(O)[C@@H](NC(C)=O)C([C@H](O)[C@H](O)CO)O3)[C@H]2O)[C@H]1NC(C)=O. The first-order chi connectivity index (χ1) is 53.7. The Morgan fingerprint density at radius 1 is 0.570 bits per heavy atom. The normalized spacial score (nSPS) is 33.8. The van der Waals surface area contributed by atoms with E-state index >= 15 is 4.79 Å². The highest BCUT2D eigenvalue weighted by molar-refractivity contribution is 5.98. The number of nitrogens with two attached hydrogens (primary N) is 1. The molecule has 7 aliphatic rings. The number of carboxylic acids is 1. The number of aliphatic hydroxyl groups is 12. The summed E-state index contributed by atoms with van der Waals surface area (Å²) in [6.07, 6.45) is -38.6. The van der Waals surface area contributed by atoms with Crippen molar-refractivity contribution in [2.75, 3.05) is 66.3 Å². The van der Waals surface area contributed by atoms with E-state index in [-0.39, 0.29) is 45.3 Å². The molecule has 47 heteroatoms. The number of carboxylic acid groups (broad SMARTS) is 1. The smallest absolute Gasteiger partial charge is 0.364 e. The number of hydrogen-bond donors (Lipinski definition) is 23. The van der Waals surface area contributed by atoms with Crippen LogP contribution < -0.4 is 53.6 Å². The summed E-state index contributed by atoms with van der Waals surface area (Å²) < 4.78 is 48.2. The third-order valence-corrected chi connectivity index (χ3v) is 20.8. The number of carbonyl (C=O) groups excluding carboxylic acids is 12. The van der Waals surface area contributed by atoms with Gasteiger partial charge in [0.25, 0.3) is 5.79 Å². The number of likely N-dealkylation sites (N-methyl/N-ethyl adjacent to an activating group) is 1. The third-order valence-electron chi connectivity index (χ3n) is 20.8. The van der Waals surface area contributed by atoms with E-state index < -0.39 is 306 Å². The molecule has 24 N–H and O–H groups in total. The summed E-state index contributed by atoms with van der Waals surface area (Å²) in [5, 5.41) is 166. The van der Waals surface area contributed by atoms with Gasteiger partial charge in [-0.2, -0.15) is 0 Å². The van der Waals surface area contributed by atoms with Crippen LogP contribution in [0.3, 0.4) is 0 Å². The van der Waals surface area contributed by atoms with Gasteiger partial charge in [-0.3, -0.25) is 57.5 Å². The van der Waals surface area contributed by atoms with Crippen LogP contribution in [0.1, 0.15) is 93.4 Å². The number of aliphatic hydroxyl groups excluding tert-OH is 12. The van der Waals surface area contributed by atoms with Gasteiger partial charge in [0.1, 0.15) is 134 Å². The maximum Gasteiger partial charge on any atom is 0.364 e. The molecule has 0 spiro atoms. The average Bonchev–Trinajstić information content (AvgIpc) is 1.06. The fraction of sp³-hybridized carbons (Fsp3) is 0.806. The van der Waals surface area contributed by atoms with Gasteiger partial charge in [0.05, 0.1) is 63.9 Å². The van der Waals surface area contributed by atoms with Crippen LogP contribution in [0.4, 0.5) is 0 Å². The maximum absolute atomic E-state index is 15.2. The molecule has 7 saturated heterocycles. The molecule has 7 rings (SSSR count). The summed E-state index contributed by atoms with van der Waals surface area (Å²) in [6.45, 7) is 1.73. The summed E-state index contributed by atoms with van der Waals surface area (Å²) in [5.41, 5.74) is 5.37. The molecular weight excluding hydrogens is 1530 g/mol. The van der Waals surface area contributed by atoms with E-state index in [1.807, 2.05) is 0 Å². The van der Waals surface area contributed by atoms with Gasteiger partial charge in [-0.15, -0.1) is 0 Å². The van der Waals surface area contributed by atoms with Crippen LogP contribution in [0, 0.1) is 0 Å². The van der Waals surface area contributed by atoms with Crippen LogP contribution in [-0.2, 0) is 100 Å². The average molecular weight is 1640 g/mol. The number of aliphatic carboxylic acids is 1. The number of likely N-dealkylation sites (tertiary alicyclic amines) is 3. The Morgan fingerprint density at radius 3 is 1.68 bits per heavy atom. The largest absolute Gasteiger partial charge is 0.477 e. The number of primary amides is 1. The lowest BCUT2D eigenvalue weighted by Crippen LogP contribution is -2.71. The predicted molar refractivity (Wildman–Crippen MR) is 375 cm³/mol. The first kappa shape index (κ1) is 93.4. The zero-order chi connectivity index (χ0) is 84.8. The number of nitrogens with one attached hydrogen (secondary N) is 9. The molecule has 17 unspecified atom stereocenters. The molecule has 0 aromatic heterocycles. The minimum absolute atomic E-state index is 0.0669. The highest BCUT2D eigenvalue weighted by Crippen LogP contribution is 2.40. The number of amides is 12. The molecule has 0 aliphatic carbocycles. The lowest BCUT2D eigenvalue weighted by atomic mass is 9.88. The molecule has 47 nitrogen and oxygen atoms in total. The second kappa shape index (κ2) is 41.4. The molecule has 0 radical (unpaired) electrons. The molecule has 30 atom stereocenters. The summed E-state index contributed by atoms with van der Waals surface area (Å²) in [5.74, 6) is -16.3. The van der Waals surface area contributed by atoms with Gasteiger partial charge in [-0.05, 0) is 73.3 Å². The summed E-state index contributed by atoms with van der Waals surface area (Å²) in [7, 11) is 1.54. The second-order valence-electron chi connectivity index (χ2n) is 29.1. The van der Waals surface area contributed by atoms with Crippen LogP contribution in [0.2, 0.25) is 0 Å². The number of carbonyl (C=O) groups is 13. The van der Waals surface area contributed by atoms with Gasteiger partial charge < -0.3 is 173 Å². The summed E-state index contributed by atoms with van der Waals surface area (Å²) >= 11 is 0. The van der Waals surface area contributed by atoms with Gasteiger partial charge in [0, 0.05) is 46.8 Å². The van der Waals surface area contributed by atoms with Crippen LogP contribution in [0.5, 0.6) is 0 Å². The summed E-state index contributed by atoms with van der Waals surface area (Å²) in [4.78, 5) is 180. The van der Waals surface area contributed by atoms with Crippen molar-refractivity contribution in [1.82, 2.24) is 62.6 Å². The molecular formula is C67H109N13O34. The molecule has 0 aromatic rings. The highest BCUT2D eigenvalue weighted by atomic mass is 16.8. The van der Waals surface area contributed by atoms with Crippen molar-refractivity contribution in [2.24, 2.45) is 5.73 Å². The fourth-order valence-corrected chi connectivity index (χ4v) is 14.6. The standard InChI is InChI=1S/C67H109N13O34/c1-25(55(68)97)71-58(100)34-13-10-16-79(34)62(104)35-14-11-17-80(35)61(103)27(3)72-59(101)42(77-56(98)32(20-81)76-41(90)19-70-57(99)33-12-9-15-78(33)60(102)26(2)69-8)28(4)108-64-45(75-31(7)87)52(49(94)40(111-64)24-107-63-44(74-30(6)86)50(95)47(92)38(22-83)109-63)112-65-51(96)54(48(93)39(23-84)110-65)114-67(66(105)106)18-36(88)43(73-29(5)85)53(113-67)46(91)37(89)21-82/h25-28,32-40,42-54,63-65,69,81-84,88-89,91-96H,9-24H2,1-8H3,(H2,68,97)(H,70,99)(H,71,100)(H,72,101)(H,73,85)(H,74,86)(H,75,87)(H,76,90)(H,77,98)(H,105,106)/t25?,26?,27?,28?,32?,33?,34?,35?,36?,37-,38?,39?,40?,42?,43-,44-,45-,46-,47+,48+,49+,50?,51-,52?,53?,54?,63-,64-,65+,67+/m1/s1. The van der Waals surface area contributed by atoms with E-state index in [9.17, 15) is 124 Å². The highest BCUT2D eigenvalue weighted by Gasteiger charge is 2.61. The lowest BCUT2D eigenvalue weighted by molar-refractivity contribution is -0.382. The number of hydrogen-bond acceptors (Lipinski definition) is 34. The zero-order valence-electron chi connectivity index (χ0n) is 63.9. The van der Waals surface area contributed by atoms with E-state index in [0.717, 1.165) is 32.6 Å². The molecule has 646 valence electrons. The van der Waals surface area contributed by atoms with E-state index in [1.54, 1.807) is 14.0 Å². The van der Waals surface area contributed by atoms with Crippen molar-refractivity contribution in [2.45, 2.75) is 276 Å². The topological polar surface area (TPSA) is 703 Å². The monoisotopic (exact) mass is 1640 g/mol. The first-order valence-electron chi connectivity index (χ1n) is 37.2. The van der Waals surface area contributed by atoms with Crippen molar-refractivity contribution in [3.05, 3.63) is 0 Å². The predicted octanol–water partition coefficient (Wildman–Crippen LogP) is -14.5. The Hall–Kier alpha value is -7.73. The van der Waals surface area contributed by atoms with Crippen molar-refractivity contribution >= 4 is 76.9 Å². The van der Waals surface area contributed by atoms with Gasteiger partial charge in [0.15, 0.2) is 18.9 Å². The molecule has 7 aliphatic heterocycles. The van der Waals surface area contributed by atoms with Gasteiger partial charge >= 0.3 is 5.97 Å². The summed E-state index contributed by atoms with van der Waals surface area (Å²) in [6, 6.07) is -16.5. The second-order valence-corrected chi connectivity index (χ2v) is 29.1. The quantitative estimate of drug-likeness (QED) is 0.0280. The molecule has 114 heavy (non-hydrogen) atoms. The Morgan fingerprint density at radius 2 is 1.11 bits per heavy atom. The van der Waals surface area contributed by atoms with Crippen molar-refractivity contribution in [3.8, 4) is 0 Å². The van der Waals surface area contributed by atoms with Gasteiger partial charge in [-0.25, -0.2) is 4.79 Å². The zero-order valence-corrected chi connectivity index (χ0v) is 63.9. The lowest BCUT2D eigenvalue weighted by Gasteiger charge is -2.51. The van der Waals surface area contributed by atoms with E-state index in [4.69, 9.17) is 43.6 Å². The first-order valence-corrected chi connectivity index (χ1v) is 37.2. The molecule has 0 bridgehead atoms. The molecule has 7 fully saturated rings. The van der Waals surface area contributed by atoms with Crippen molar-refractivity contribution in [3.63, 3.8) is 0 Å². The minimum Gasteiger partial charge on any atom is -0.477 e. The molecule has 0 saturated carbocycles. The minimum atomic E-state index is -3.34. The van der Waals surface area contributed by atoms with E-state index in [2.05, 4.69) is 47.9 Å². The Bertz CT molecular complexity index is 3390. The van der Waals surface area contributed by atoms with Crippen LogP contribution in [-0.4, -0.2) is 407 Å². The third kappa shape index (κ3) is 22.3. The Kier molecular flexibility index (Phi) is 33.9. The van der Waals surface area contributed by atoms with E-state index in [1.165, 1.54) is 23.6 Å². The molecule has 0 aromatic carbocycles. The number of ether oxygens (including phenoxy) is 8. The number of rotatable bonds is 35.